The first-order chi connectivity index (χ1) is 7.25. The minimum atomic E-state index is -0.471. The Morgan fingerprint density at radius 3 is 3.00 bits per heavy atom. The second-order valence-electron chi connectivity index (χ2n) is 2.91. The van der Waals surface area contributed by atoms with Crippen molar-refractivity contribution in [3.8, 4) is 0 Å². The molecule has 0 unspecified atom stereocenters. The molecule has 0 spiro atoms. The van der Waals surface area contributed by atoms with Gasteiger partial charge in [-0.1, -0.05) is 0 Å². The van der Waals surface area contributed by atoms with Gasteiger partial charge < -0.3 is 5.11 Å². The van der Waals surface area contributed by atoms with Crippen LogP contribution in [0, 0.1) is 0 Å². The molecule has 0 saturated heterocycles. The van der Waals surface area contributed by atoms with Gasteiger partial charge in [-0.3, -0.25) is 0 Å². The molecule has 2 aromatic rings. The number of pyridine rings is 1. The lowest BCUT2D eigenvalue weighted by atomic mass is 10.2. The van der Waals surface area contributed by atoms with Gasteiger partial charge in [0.15, 0.2) is 4.34 Å². The molecule has 1 N–H and O–H groups in total. The molecular weight excluding hydrogens is 230 g/mol. The Morgan fingerprint density at radius 1 is 1.47 bits per heavy atom. The van der Waals surface area contributed by atoms with Gasteiger partial charge >= 0.3 is 0 Å². The average molecular weight is 239 g/mol. The molecule has 0 aromatic carbocycles. The smallest absolute Gasteiger partial charge is 0.175 e. The third kappa shape index (κ3) is 2.74. The highest BCUT2D eigenvalue weighted by atomic mass is 32.2. The van der Waals surface area contributed by atoms with Crippen LogP contribution in [-0.4, -0.2) is 19.4 Å². The van der Waals surface area contributed by atoms with E-state index in [0.29, 0.717) is 0 Å². The monoisotopic (exact) mass is 239 g/mol. The van der Waals surface area contributed by atoms with E-state index in [1.54, 1.807) is 19.2 Å². The van der Waals surface area contributed by atoms with Crippen LogP contribution < -0.4 is 0 Å². The van der Waals surface area contributed by atoms with Crippen molar-refractivity contribution in [2.45, 2.75) is 22.4 Å². The quantitative estimate of drug-likeness (QED) is 0.889. The lowest BCUT2D eigenvalue weighted by Gasteiger charge is -2.04. The Kier molecular flexibility index (Phi) is 3.30. The molecule has 2 rings (SSSR count). The van der Waals surface area contributed by atoms with Gasteiger partial charge in [0, 0.05) is 6.20 Å². The summed E-state index contributed by atoms with van der Waals surface area (Å²) in [6, 6.07) is 3.66. The second kappa shape index (κ2) is 4.69. The second-order valence-corrected chi connectivity index (χ2v) is 4.96. The maximum absolute atomic E-state index is 9.41. The van der Waals surface area contributed by atoms with Crippen LogP contribution >= 0.6 is 23.3 Å². The molecule has 4 nitrogen and oxygen atoms in total. The van der Waals surface area contributed by atoms with Crippen LogP contribution in [-0.2, 0) is 0 Å². The Morgan fingerprint density at radius 2 is 2.33 bits per heavy atom. The molecule has 0 amide bonds. The van der Waals surface area contributed by atoms with Crippen LogP contribution in [0.3, 0.4) is 0 Å². The highest BCUT2D eigenvalue weighted by molar-refractivity contribution is 8.00. The van der Waals surface area contributed by atoms with E-state index in [1.807, 2.05) is 6.07 Å². The zero-order valence-corrected chi connectivity index (χ0v) is 9.63. The normalized spacial score (nSPS) is 12.7. The average Bonchev–Trinajstić information content (AvgIpc) is 2.71. The Hall–Kier alpha value is -0.980. The molecule has 15 heavy (non-hydrogen) atoms. The minimum Gasteiger partial charge on any atom is -0.389 e. The van der Waals surface area contributed by atoms with Crippen LogP contribution in [0.2, 0.25) is 0 Å². The number of aliphatic hydroxyl groups is 1. The maximum Gasteiger partial charge on any atom is 0.175 e. The molecule has 2 aromatic heterocycles. The number of rotatable bonds is 3. The number of aliphatic hydroxyl groups excluding tert-OH is 1. The van der Waals surface area contributed by atoms with Crippen LogP contribution in [0.1, 0.15) is 18.6 Å². The van der Waals surface area contributed by atoms with E-state index in [0.717, 1.165) is 14.9 Å². The predicted octanol–water partition coefficient (Wildman–Crippen LogP) is 2.14. The van der Waals surface area contributed by atoms with E-state index in [4.69, 9.17) is 0 Å². The maximum atomic E-state index is 9.41. The number of nitrogens with zero attached hydrogens (tertiary/aromatic N) is 3. The van der Waals surface area contributed by atoms with Gasteiger partial charge in [0.1, 0.15) is 11.4 Å². The topological polar surface area (TPSA) is 58.9 Å². The summed E-state index contributed by atoms with van der Waals surface area (Å²) in [5.41, 5.74) is 0.858. The highest BCUT2D eigenvalue weighted by Gasteiger charge is 2.05. The Bertz CT molecular complexity index is 431. The molecule has 6 heteroatoms. The molecule has 0 bridgehead atoms. The summed E-state index contributed by atoms with van der Waals surface area (Å²) < 4.78 is 4.76. The van der Waals surface area contributed by atoms with Crippen LogP contribution in [0.5, 0.6) is 0 Å². The summed E-state index contributed by atoms with van der Waals surface area (Å²) in [7, 11) is 0. The molecule has 0 aliphatic rings. The molecule has 2 heterocycles. The van der Waals surface area contributed by atoms with E-state index in [-0.39, 0.29) is 0 Å². The third-order valence-electron chi connectivity index (χ3n) is 1.77. The summed E-state index contributed by atoms with van der Waals surface area (Å²) in [4.78, 5) is 8.24. The summed E-state index contributed by atoms with van der Waals surface area (Å²) in [6.07, 6.45) is 2.73. The minimum absolute atomic E-state index is 0.471. The Labute approximate surface area is 95.6 Å². The van der Waals surface area contributed by atoms with Crippen LogP contribution in [0.25, 0.3) is 0 Å². The largest absolute Gasteiger partial charge is 0.389 e. The van der Waals surface area contributed by atoms with Crippen LogP contribution in [0.15, 0.2) is 34.0 Å². The van der Waals surface area contributed by atoms with Crippen molar-refractivity contribution in [2.24, 2.45) is 0 Å². The van der Waals surface area contributed by atoms with Gasteiger partial charge in [-0.05, 0) is 47.9 Å². The third-order valence-corrected chi connectivity index (χ3v) is 3.42. The molecular formula is C9H9N3OS2. The molecule has 0 fully saturated rings. The summed E-state index contributed by atoms with van der Waals surface area (Å²) in [6.45, 7) is 1.73. The zero-order chi connectivity index (χ0) is 10.7. The fourth-order valence-electron chi connectivity index (χ4n) is 1.04. The fraction of sp³-hybridized carbons (Fsp3) is 0.222. The standard InChI is InChI=1S/C9H9N3OS2/c1-6(13)7-2-3-10-8(4-7)14-9-11-5-12-15-9/h2-6,13H,1H3/t6-/m0/s1. The first-order valence-electron chi connectivity index (χ1n) is 4.34. The molecule has 78 valence electrons. The summed E-state index contributed by atoms with van der Waals surface area (Å²) in [5.74, 6) is 0. The summed E-state index contributed by atoms with van der Waals surface area (Å²) >= 11 is 2.78. The van der Waals surface area contributed by atoms with Crippen molar-refractivity contribution in [3.05, 3.63) is 30.2 Å². The van der Waals surface area contributed by atoms with E-state index in [1.165, 1.54) is 29.6 Å². The van der Waals surface area contributed by atoms with Crippen molar-refractivity contribution in [1.82, 2.24) is 14.3 Å². The van der Waals surface area contributed by atoms with E-state index in [2.05, 4.69) is 14.3 Å². The van der Waals surface area contributed by atoms with Crippen molar-refractivity contribution in [3.63, 3.8) is 0 Å². The van der Waals surface area contributed by atoms with Gasteiger partial charge in [-0.15, -0.1) is 0 Å². The fourth-order valence-corrected chi connectivity index (χ4v) is 2.44. The molecule has 0 radical (unpaired) electrons. The number of aromatic nitrogens is 3. The van der Waals surface area contributed by atoms with Gasteiger partial charge in [0.25, 0.3) is 0 Å². The first-order valence-corrected chi connectivity index (χ1v) is 5.93. The molecule has 1 atom stereocenters. The van der Waals surface area contributed by atoms with Gasteiger partial charge in [-0.25, -0.2) is 9.97 Å². The van der Waals surface area contributed by atoms with E-state index in [9.17, 15) is 5.11 Å². The lowest BCUT2D eigenvalue weighted by molar-refractivity contribution is 0.199. The molecule has 0 aliphatic carbocycles. The predicted molar refractivity (Wildman–Crippen MR) is 58.9 cm³/mol. The SMILES string of the molecule is C[C@H](O)c1ccnc(Sc2ncns2)c1. The van der Waals surface area contributed by atoms with Gasteiger partial charge in [-0.2, -0.15) is 4.37 Å². The van der Waals surface area contributed by atoms with Crippen molar-refractivity contribution < 1.29 is 5.11 Å². The molecule has 0 saturated carbocycles. The number of hydrogen-bond acceptors (Lipinski definition) is 6. The first kappa shape index (κ1) is 10.5. The van der Waals surface area contributed by atoms with Crippen molar-refractivity contribution in [2.75, 3.05) is 0 Å². The van der Waals surface area contributed by atoms with E-state index < -0.39 is 6.10 Å². The lowest BCUT2D eigenvalue weighted by Crippen LogP contribution is -1.91. The summed E-state index contributed by atoms with van der Waals surface area (Å²) in [5, 5.41) is 10.2. The number of hydrogen-bond donors (Lipinski definition) is 1. The van der Waals surface area contributed by atoms with Gasteiger partial charge in [0.05, 0.1) is 6.10 Å². The van der Waals surface area contributed by atoms with Crippen LogP contribution in [0.4, 0.5) is 0 Å². The van der Waals surface area contributed by atoms with E-state index >= 15 is 0 Å². The Balaban J connectivity index is 2.18. The van der Waals surface area contributed by atoms with Gasteiger partial charge in [0.2, 0.25) is 0 Å². The van der Waals surface area contributed by atoms with Crippen molar-refractivity contribution >= 4 is 23.3 Å². The zero-order valence-electron chi connectivity index (χ0n) is 7.99. The highest BCUT2D eigenvalue weighted by Crippen LogP contribution is 2.27. The molecule has 0 aliphatic heterocycles. The van der Waals surface area contributed by atoms with Crippen molar-refractivity contribution in [1.29, 1.82) is 0 Å².